The van der Waals surface area contributed by atoms with E-state index < -0.39 is 0 Å². The predicted molar refractivity (Wildman–Crippen MR) is 104 cm³/mol. The van der Waals surface area contributed by atoms with Crippen LogP contribution in [0.4, 0.5) is 0 Å². The summed E-state index contributed by atoms with van der Waals surface area (Å²) in [5, 5.41) is 0. The summed E-state index contributed by atoms with van der Waals surface area (Å²) >= 11 is 0. The summed E-state index contributed by atoms with van der Waals surface area (Å²) in [5.41, 5.74) is 8.32. The second kappa shape index (κ2) is 7.49. The van der Waals surface area contributed by atoms with Gasteiger partial charge in [0.25, 0.3) is 0 Å². The number of hydrogen-bond acceptors (Lipinski definition) is 0. The molecule has 0 aliphatic heterocycles. The quantitative estimate of drug-likeness (QED) is 0.513. The summed E-state index contributed by atoms with van der Waals surface area (Å²) in [4.78, 5) is 0. The zero-order valence-corrected chi connectivity index (χ0v) is 14.9. The molecule has 3 rings (SSSR count). The Morgan fingerprint density at radius 2 is 1.12 bits per heavy atom. The summed E-state index contributed by atoms with van der Waals surface area (Å²) in [7, 11) is 0. The molecule has 3 aromatic rings. The number of rotatable bonds is 5. The minimum Gasteiger partial charge on any atom is -0.0620 e. The van der Waals surface area contributed by atoms with E-state index in [9.17, 15) is 0 Å². The van der Waals surface area contributed by atoms with Crippen molar-refractivity contribution in [2.24, 2.45) is 0 Å². The highest BCUT2D eigenvalue weighted by atomic mass is 14.2. The molecule has 0 saturated carbocycles. The molecule has 0 N–H and O–H groups in total. The molecule has 0 bridgehead atoms. The highest BCUT2D eigenvalue weighted by molar-refractivity contribution is 5.36. The minimum absolute atomic E-state index is 0.450. The highest BCUT2D eigenvalue weighted by Crippen LogP contribution is 2.30. The number of hydrogen-bond donors (Lipinski definition) is 0. The molecule has 0 saturated heterocycles. The van der Waals surface area contributed by atoms with Crippen molar-refractivity contribution in [3.8, 4) is 0 Å². The fourth-order valence-corrected chi connectivity index (χ4v) is 3.31. The first-order valence-electron chi connectivity index (χ1n) is 8.81. The van der Waals surface area contributed by atoms with Gasteiger partial charge in [-0.15, -0.1) is 0 Å². The van der Waals surface area contributed by atoms with Crippen molar-refractivity contribution in [3.05, 3.63) is 106 Å². The average Bonchev–Trinajstić information content (AvgIpc) is 2.59. The van der Waals surface area contributed by atoms with E-state index in [0.717, 1.165) is 12.8 Å². The van der Waals surface area contributed by atoms with Crippen molar-refractivity contribution in [2.75, 3.05) is 0 Å². The van der Waals surface area contributed by atoms with E-state index in [1.165, 1.54) is 33.4 Å². The third kappa shape index (κ3) is 3.94. The zero-order chi connectivity index (χ0) is 16.9. The average molecular weight is 314 g/mol. The van der Waals surface area contributed by atoms with E-state index in [2.05, 4.69) is 93.6 Å². The Morgan fingerprint density at radius 3 is 1.62 bits per heavy atom. The van der Waals surface area contributed by atoms with Gasteiger partial charge >= 0.3 is 0 Å². The van der Waals surface area contributed by atoms with Crippen molar-refractivity contribution < 1.29 is 0 Å². The SMILES string of the molecule is Cc1ccc(C(CCc2ccccc2C)c2ccc(C)cc2)cc1. The van der Waals surface area contributed by atoms with Gasteiger partial charge in [-0.2, -0.15) is 0 Å². The molecule has 0 spiro atoms. The normalized spacial score (nSPS) is 11.0. The zero-order valence-electron chi connectivity index (χ0n) is 14.9. The smallest absolute Gasteiger partial charge is 0.00925 e. The molecule has 122 valence electrons. The van der Waals surface area contributed by atoms with Gasteiger partial charge in [-0.05, 0) is 55.9 Å². The van der Waals surface area contributed by atoms with E-state index in [-0.39, 0.29) is 0 Å². The van der Waals surface area contributed by atoms with Crippen LogP contribution in [-0.4, -0.2) is 0 Å². The largest absolute Gasteiger partial charge is 0.0620 e. The van der Waals surface area contributed by atoms with Crippen molar-refractivity contribution in [2.45, 2.75) is 39.5 Å². The van der Waals surface area contributed by atoms with Crippen molar-refractivity contribution >= 4 is 0 Å². The Bertz CT molecular complexity index is 734. The summed E-state index contributed by atoms with van der Waals surface area (Å²) < 4.78 is 0. The molecule has 0 atom stereocenters. The molecule has 0 aliphatic rings. The topological polar surface area (TPSA) is 0 Å². The van der Waals surface area contributed by atoms with Crippen LogP contribution in [0.15, 0.2) is 72.8 Å². The van der Waals surface area contributed by atoms with E-state index in [1.54, 1.807) is 0 Å². The molecule has 0 heteroatoms. The van der Waals surface area contributed by atoms with Gasteiger partial charge < -0.3 is 0 Å². The molecule has 0 fully saturated rings. The first kappa shape index (κ1) is 16.5. The number of benzene rings is 3. The molecular weight excluding hydrogens is 288 g/mol. The maximum atomic E-state index is 2.29. The van der Waals surface area contributed by atoms with Gasteiger partial charge in [0, 0.05) is 5.92 Å². The molecule has 0 radical (unpaired) electrons. The Labute approximate surface area is 146 Å². The lowest BCUT2D eigenvalue weighted by Crippen LogP contribution is -2.04. The molecule has 0 unspecified atom stereocenters. The van der Waals surface area contributed by atoms with E-state index >= 15 is 0 Å². The summed E-state index contributed by atoms with van der Waals surface area (Å²) in [6, 6.07) is 26.8. The van der Waals surface area contributed by atoms with Crippen LogP contribution < -0.4 is 0 Å². The lowest BCUT2D eigenvalue weighted by Gasteiger charge is -2.19. The van der Waals surface area contributed by atoms with Crippen molar-refractivity contribution in [1.29, 1.82) is 0 Å². The van der Waals surface area contributed by atoms with Gasteiger partial charge in [0.2, 0.25) is 0 Å². The predicted octanol–water partition coefficient (Wildman–Crippen LogP) is 6.38. The van der Waals surface area contributed by atoms with Gasteiger partial charge in [0.1, 0.15) is 0 Å². The van der Waals surface area contributed by atoms with Gasteiger partial charge in [-0.3, -0.25) is 0 Å². The highest BCUT2D eigenvalue weighted by Gasteiger charge is 2.14. The molecule has 0 aromatic heterocycles. The standard InChI is InChI=1S/C24H26/c1-18-8-12-22(13-9-18)24(23-14-10-19(2)11-15-23)17-16-21-7-5-4-6-20(21)3/h4-15,24H,16-17H2,1-3H3. The van der Waals surface area contributed by atoms with Crippen molar-refractivity contribution in [3.63, 3.8) is 0 Å². The molecule has 0 amide bonds. The number of aryl methyl sites for hydroxylation is 4. The van der Waals surface area contributed by atoms with Gasteiger partial charge in [-0.1, -0.05) is 83.9 Å². The second-order valence-corrected chi connectivity index (χ2v) is 6.84. The second-order valence-electron chi connectivity index (χ2n) is 6.84. The van der Waals surface area contributed by atoms with Crippen LogP contribution in [0.25, 0.3) is 0 Å². The van der Waals surface area contributed by atoms with Crippen LogP contribution in [0.3, 0.4) is 0 Å². The fourth-order valence-electron chi connectivity index (χ4n) is 3.31. The Hall–Kier alpha value is -2.34. The van der Waals surface area contributed by atoms with Crippen LogP contribution in [0.1, 0.15) is 45.7 Å². The maximum absolute atomic E-state index is 2.29. The molecule has 0 nitrogen and oxygen atoms in total. The van der Waals surface area contributed by atoms with Crippen LogP contribution in [-0.2, 0) is 6.42 Å². The summed E-state index contributed by atoms with van der Waals surface area (Å²) in [6.07, 6.45) is 2.25. The van der Waals surface area contributed by atoms with Crippen LogP contribution in [0.5, 0.6) is 0 Å². The van der Waals surface area contributed by atoms with E-state index in [1.807, 2.05) is 0 Å². The minimum atomic E-state index is 0.450. The van der Waals surface area contributed by atoms with Crippen LogP contribution in [0.2, 0.25) is 0 Å². The summed E-state index contributed by atoms with van der Waals surface area (Å²) in [5.74, 6) is 0.450. The molecule has 0 heterocycles. The first-order valence-corrected chi connectivity index (χ1v) is 8.81. The van der Waals surface area contributed by atoms with E-state index in [0.29, 0.717) is 5.92 Å². The fraction of sp³-hybridized carbons (Fsp3) is 0.250. The third-order valence-electron chi connectivity index (χ3n) is 4.92. The lowest BCUT2D eigenvalue weighted by atomic mass is 9.85. The molecule has 0 aliphatic carbocycles. The molecule has 24 heavy (non-hydrogen) atoms. The van der Waals surface area contributed by atoms with Gasteiger partial charge in [0.15, 0.2) is 0 Å². The third-order valence-corrected chi connectivity index (χ3v) is 4.92. The van der Waals surface area contributed by atoms with Crippen LogP contribution in [0, 0.1) is 20.8 Å². The molecular formula is C24H26. The Kier molecular flexibility index (Phi) is 5.15. The monoisotopic (exact) mass is 314 g/mol. The van der Waals surface area contributed by atoms with Crippen LogP contribution >= 0.6 is 0 Å². The van der Waals surface area contributed by atoms with Gasteiger partial charge in [0.05, 0.1) is 0 Å². The lowest BCUT2D eigenvalue weighted by molar-refractivity contribution is 0.712. The molecule has 3 aromatic carbocycles. The summed E-state index contributed by atoms with van der Waals surface area (Å²) in [6.45, 7) is 6.51. The Morgan fingerprint density at radius 1 is 0.625 bits per heavy atom. The Balaban J connectivity index is 1.88. The van der Waals surface area contributed by atoms with E-state index in [4.69, 9.17) is 0 Å². The van der Waals surface area contributed by atoms with Crippen molar-refractivity contribution in [1.82, 2.24) is 0 Å². The first-order chi connectivity index (χ1) is 11.6. The maximum Gasteiger partial charge on any atom is 0.00925 e. The van der Waals surface area contributed by atoms with Gasteiger partial charge in [-0.25, -0.2) is 0 Å².